The van der Waals surface area contributed by atoms with E-state index in [0.29, 0.717) is 30.9 Å². The first-order valence-corrected chi connectivity index (χ1v) is 15.2. The Kier molecular flexibility index (Phi) is 7.48. The Morgan fingerprint density at radius 2 is 1.77 bits per heavy atom. The fourth-order valence-electron chi connectivity index (χ4n) is 7.19. The second-order valence-electron chi connectivity index (χ2n) is 13.7. The van der Waals surface area contributed by atoms with Crippen molar-refractivity contribution >= 4 is 23.0 Å². The van der Waals surface area contributed by atoms with Gasteiger partial charge in [-0.1, -0.05) is 18.2 Å². The van der Waals surface area contributed by atoms with Crippen molar-refractivity contribution in [2.75, 3.05) is 13.7 Å². The first-order valence-electron chi connectivity index (χ1n) is 15.2. The van der Waals surface area contributed by atoms with E-state index in [1.165, 1.54) is 18.2 Å². The number of halogens is 2. The minimum absolute atomic E-state index is 0.000942. The van der Waals surface area contributed by atoms with Crippen LogP contribution in [0.2, 0.25) is 0 Å². The number of carbonyl (C=O) groups is 2. The van der Waals surface area contributed by atoms with E-state index in [9.17, 15) is 18.4 Å². The van der Waals surface area contributed by atoms with Crippen LogP contribution in [0.3, 0.4) is 0 Å². The second-order valence-corrected chi connectivity index (χ2v) is 13.7. The van der Waals surface area contributed by atoms with Crippen LogP contribution in [0.4, 0.5) is 13.6 Å². The molecule has 0 unspecified atom stereocenters. The summed E-state index contributed by atoms with van der Waals surface area (Å²) in [6.07, 6.45) is 4.70. The Morgan fingerprint density at radius 1 is 1.07 bits per heavy atom. The Balaban J connectivity index is 1.38. The highest BCUT2D eigenvalue weighted by molar-refractivity contribution is 5.94. The van der Waals surface area contributed by atoms with Crippen molar-refractivity contribution in [1.82, 2.24) is 9.47 Å². The normalized spacial score (nSPS) is 22.5. The smallest absolute Gasteiger partial charge is 0.418 e. The summed E-state index contributed by atoms with van der Waals surface area (Å²) < 4.78 is 39.0. The van der Waals surface area contributed by atoms with Gasteiger partial charge >= 0.3 is 12.1 Å². The summed E-state index contributed by atoms with van der Waals surface area (Å²) in [4.78, 5) is 27.8. The number of benzene rings is 2. The molecule has 2 heterocycles. The van der Waals surface area contributed by atoms with Gasteiger partial charge < -0.3 is 9.47 Å². The maximum absolute atomic E-state index is 13.4. The molecule has 0 N–H and O–H groups in total. The van der Waals surface area contributed by atoms with E-state index in [0.717, 1.165) is 54.3 Å². The van der Waals surface area contributed by atoms with Gasteiger partial charge in [-0.15, -0.1) is 0 Å². The topological polar surface area (TPSA) is 60.8 Å². The zero-order chi connectivity index (χ0) is 30.7. The maximum Gasteiger partial charge on any atom is 0.418 e. The lowest BCUT2D eigenvalue weighted by Crippen LogP contribution is -2.46. The highest BCUT2D eigenvalue weighted by Gasteiger charge is 2.48. The molecule has 1 aliphatic heterocycles. The van der Waals surface area contributed by atoms with Crippen LogP contribution >= 0.6 is 0 Å². The third-order valence-electron chi connectivity index (χ3n) is 9.43. The lowest BCUT2D eigenvalue weighted by Gasteiger charge is -2.52. The molecule has 1 spiro atoms. The van der Waals surface area contributed by atoms with Crippen LogP contribution in [0, 0.1) is 12.3 Å². The van der Waals surface area contributed by atoms with E-state index in [4.69, 9.17) is 9.47 Å². The fourth-order valence-corrected chi connectivity index (χ4v) is 7.19. The molecule has 1 saturated heterocycles. The van der Waals surface area contributed by atoms with Gasteiger partial charge in [-0.25, -0.2) is 9.59 Å². The molecule has 228 valence electrons. The monoisotopic (exact) mass is 590 g/mol. The van der Waals surface area contributed by atoms with Crippen molar-refractivity contribution in [3.8, 4) is 0 Å². The summed E-state index contributed by atoms with van der Waals surface area (Å²) >= 11 is 0. The zero-order valence-corrected chi connectivity index (χ0v) is 25.6. The van der Waals surface area contributed by atoms with Crippen LogP contribution in [0.15, 0.2) is 54.2 Å². The summed E-state index contributed by atoms with van der Waals surface area (Å²) in [6.45, 7) is 9.11. The molecule has 3 fully saturated rings. The van der Waals surface area contributed by atoms with Crippen molar-refractivity contribution in [2.45, 2.75) is 90.3 Å². The lowest BCUT2D eigenvalue weighted by atomic mass is 9.58. The standard InChI is InChI=1S/C35H40F2N2O4/c1-21-16-27(22-6-7-22)28(26-12-14-39(30(21)26)33(41)43-34(2,3)4)20-38-15-13-35(17-25(18-35)31(36)37)19-29(38)23-8-10-24(11-9-23)32(40)42-5/h8-12,14,16,22,29H,6-7,13,15,17-20H2,1-5H3/t29-/m0/s1. The summed E-state index contributed by atoms with van der Waals surface area (Å²) in [5.74, 6) is 0.116. The highest BCUT2D eigenvalue weighted by Crippen LogP contribution is 2.58. The molecule has 0 radical (unpaired) electrons. The van der Waals surface area contributed by atoms with Crippen molar-refractivity contribution in [2.24, 2.45) is 5.41 Å². The molecule has 0 amide bonds. The van der Waals surface area contributed by atoms with Crippen LogP contribution in [0.25, 0.3) is 10.9 Å². The zero-order valence-electron chi connectivity index (χ0n) is 25.6. The first kappa shape index (κ1) is 29.5. The van der Waals surface area contributed by atoms with Gasteiger partial charge in [0.2, 0.25) is 0 Å². The first-order chi connectivity index (χ1) is 20.4. The average molecular weight is 591 g/mol. The Hall–Kier alpha value is -3.52. The molecule has 1 atom stereocenters. The number of hydrogen-bond acceptors (Lipinski definition) is 5. The van der Waals surface area contributed by atoms with E-state index >= 15 is 0 Å². The predicted molar refractivity (Wildman–Crippen MR) is 161 cm³/mol. The van der Waals surface area contributed by atoms with Gasteiger partial charge in [0.15, 0.2) is 0 Å². The third-order valence-corrected chi connectivity index (χ3v) is 9.43. The average Bonchev–Trinajstić information content (AvgIpc) is 3.69. The van der Waals surface area contributed by atoms with Crippen molar-refractivity contribution < 1.29 is 27.8 Å². The van der Waals surface area contributed by atoms with Crippen molar-refractivity contribution in [1.29, 1.82) is 0 Å². The number of likely N-dealkylation sites (tertiary alicyclic amines) is 1. The van der Waals surface area contributed by atoms with Gasteiger partial charge in [0, 0.05) is 24.2 Å². The number of ether oxygens (including phenoxy) is 2. The number of rotatable bonds is 5. The number of aromatic nitrogens is 1. The minimum atomic E-state index is -1.53. The Labute approximate surface area is 251 Å². The van der Waals surface area contributed by atoms with E-state index in [2.05, 4.69) is 17.9 Å². The van der Waals surface area contributed by atoms with Gasteiger partial charge in [0.05, 0.1) is 18.2 Å². The molecular formula is C35H40F2N2O4. The van der Waals surface area contributed by atoms with E-state index in [1.807, 2.05) is 45.2 Å². The fraction of sp³-hybridized carbons (Fsp3) is 0.486. The molecule has 2 aliphatic carbocycles. The molecule has 8 heteroatoms. The number of allylic oxidation sites excluding steroid dienone is 1. The minimum Gasteiger partial charge on any atom is -0.465 e. The number of nitrogens with zero attached hydrogens (tertiary/aromatic N) is 2. The molecule has 2 aromatic carbocycles. The maximum atomic E-state index is 13.4. The SMILES string of the molecule is COC(=O)c1ccc([C@@H]2CC3(CCN2Cc2c(C4CC4)cc(C)c4c2ccn4C(=O)OC(C)(C)C)CC(=C(F)F)C3)cc1. The van der Waals surface area contributed by atoms with Gasteiger partial charge in [0.25, 0.3) is 6.08 Å². The van der Waals surface area contributed by atoms with Gasteiger partial charge in [-0.3, -0.25) is 9.47 Å². The van der Waals surface area contributed by atoms with Crippen LogP contribution in [0.1, 0.15) is 104 Å². The van der Waals surface area contributed by atoms with Crippen LogP contribution < -0.4 is 0 Å². The second kappa shape index (κ2) is 10.9. The van der Waals surface area contributed by atoms with E-state index in [1.54, 1.807) is 16.7 Å². The van der Waals surface area contributed by atoms with E-state index in [-0.39, 0.29) is 23.0 Å². The number of aryl methyl sites for hydroxylation is 1. The predicted octanol–water partition coefficient (Wildman–Crippen LogP) is 8.66. The van der Waals surface area contributed by atoms with Gasteiger partial charge in [-0.2, -0.15) is 8.78 Å². The summed E-state index contributed by atoms with van der Waals surface area (Å²) in [7, 11) is 1.37. The summed E-state index contributed by atoms with van der Waals surface area (Å²) in [5.41, 5.74) is 5.56. The summed E-state index contributed by atoms with van der Waals surface area (Å²) in [5, 5.41) is 1.06. The Bertz CT molecular complexity index is 1600. The molecule has 3 aliphatic rings. The quantitative estimate of drug-likeness (QED) is 0.278. The number of piperidine rings is 1. The molecule has 3 aromatic rings. The number of hydrogen-bond donors (Lipinski definition) is 0. The van der Waals surface area contributed by atoms with Gasteiger partial charge in [-0.05, 0) is 130 Å². The lowest BCUT2D eigenvalue weighted by molar-refractivity contribution is 0.0141. The molecule has 43 heavy (non-hydrogen) atoms. The Morgan fingerprint density at radius 3 is 2.37 bits per heavy atom. The molecule has 1 aromatic heterocycles. The van der Waals surface area contributed by atoms with Crippen molar-refractivity contribution in [3.05, 3.63) is 82.1 Å². The number of methoxy groups -OCH3 is 1. The molecule has 2 saturated carbocycles. The van der Waals surface area contributed by atoms with Crippen molar-refractivity contribution in [3.63, 3.8) is 0 Å². The number of esters is 1. The number of fused-ring (bicyclic) bond motifs is 1. The molecule has 6 rings (SSSR count). The van der Waals surface area contributed by atoms with Crippen LogP contribution in [-0.2, 0) is 16.0 Å². The molecule has 6 nitrogen and oxygen atoms in total. The number of carbonyl (C=O) groups excluding carboxylic acids is 2. The molecule has 0 bridgehead atoms. The van der Waals surface area contributed by atoms with Crippen LogP contribution in [0.5, 0.6) is 0 Å². The summed E-state index contributed by atoms with van der Waals surface area (Å²) in [6, 6.07) is 11.8. The largest absolute Gasteiger partial charge is 0.465 e. The van der Waals surface area contributed by atoms with Gasteiger partial charge in [0.1, 0.15) is 5.60 Å². The molecular weight excluding hydrogens is 550 g/mol. The van der Waals surface area contributed by atoms with E-state index < -0.39 is 17.8 Å². The van der Waals surface area contributed by atoms with Crippen LogP contribution in [-0.4, -0.2) is 40.8 Å². The highest BCUT2D eigenvalue weighted by atomic mass is 19.3. The third kappa shape index (κ3) is 5.74.